The molecule has 2 aromatic rings. The third-order valence-corrected chi connectivity index (χ3v) is 4.46. The molecule has 0 atom stereocenters. The van der Waals surface area contributed by atoms with Crippen molar-refractivity contribution < 1.29 is 4.74 Å². The van der Waals surface area contributed by atoms with E-state index in [-0.39, 0.29) is 5.71 Å². The van der Waals surface area contributed by atoms with Crippen molar-refractivity contribution in [3.05, 3.63) is 48.5 Å². The van der Waals surface area contributed by atoms with Crippen molar-refractivity contribution in [2.24, 2.45) is 5.10 Å². The number of piperazine rings is 1. The predicted octanol–water partition coefficient (Wildman–Crippen LogP) is 2.84. The highest BCUT2D eigenvalue weighted by atomic mass is 16.5. The molecule has 0 bridgehead atoms. The third-order valence-electron chi connectivity index (χ3n) is 4.46. The van der Waals surface area contributed by atoms with Crippen molar-refractivity contribution in [1.82, 2.24) is 0 Å². The maximum atomic E-state index is 8.69. The lowest BCUT2D eigenvalue weighted by molar-refractivity contribution is 0.415. The topological polar surface area (TPSA) is 87.7 Å². The van der Waals surface area contributed by atoms with E-state index in [0.717, 1.165) is 43.3 Å². The molecule has 0 radical (unpaired) electrons. The Morgan fingerprint density at radius 1 is 0.889 bits per heavy atom. The molecule has 1 saturated heterocycles. The molecule has 7 nitrogen and oxygen atoms in total. The number of hydrogen-bond acceptors (Lipinski definition) is 7. The first kappa shape index (κ1) is 18.1. The van der Waals surface area contributed by atoms with Crippen LogP contribution in [0, 0.1) is 22.7 Å². The van der Waals surface area contributed by atoms with Gasteiger partial charge in [-0.3, -0.25) is 5.43 Å². The van der Waals surface area contributed by atoms with Gasteiger partial charge in [0.25, 0.3) is 0 Å². The standard InChI is InChI=1S/C20H20N6O/c1-27-20-8-6-19(7-9-20)26-12-10-25(11-13-26)18-4-2-16(3-5-18)23-24-17(14-21)15-22/h2-9,23H,10-13H2,1H3. The molecule has 1 aliphatic heterocycles. The van der Waals surface area contributed by atoms with E-state index in [1.807, 2.05) is 36.4 Å². The number of ether oxygens (including phenoxy) is 1. The Kier molecular flexibility index (Phi) is 5.76. The Morgan fingerprint density at radius 3 is 1.81 bits per heavy atom. The molecule has 2 aromatic carbocycles. The van der Waals surface area contributed by atoms with Crippen LogP contribution in [0.25, 0.3) is 0 Å². The van der Waals surface area contributed by atoms with Crippen LogP contribution >= 0.6 is 0 Å². The fourth-order valence-electron chi connectivity index (χ4n) is 2.96. The zero-order valence-corrected chi connectivity index (χ0v) is 15.1. The second kappa shape index (κ2) is 8.59. The van der Waals surface area contributed by atoms with Gasteiger partial charge in [-0.25, -0.2) is 0 Å². The van der Waals surface area contributed by atoms with Crippen LogP contribution in [0.5, 0.6) is 5.75 Å². The van der Waals surface area contributed by atoms with Gasteiger partial charge in [0.05, 0.1) is 12.8 Å². The second-order valence-corrected chi connectivity index (χ2v) is 6.01. The van der Waals surface area contributed by atoms with Crippen LogP contribution in [-0.4, -0.2) is 39.0 Å². The normalized spacial score (nSPS) is 13.3. The highest BCUT2D eigenvalue weighted by Gasteiger charge is 2.17. The minimum Gasteiger partial charge on any atom is -0.497 e. The van der Waals surface area contributed by atoms with Gasteiger partial charge >= 0.3 is 0 Å². The first-order valence-corrected chi connectivity index (χ1v) is 8.61. The van der Waals surface area contributed by atoms with Gasteiger partial charge in [-0.2, -0.15) is 15.6 Å². The monoisotopic (exact) mass is 360 g/mol. The molecule has 136 valence electrons. The molecule has 3 rings (SSSR count). The van der Waals surface area contributed by atoms with Crippen molar-refractivity contribution in [2.75, 3.05) is 48.5 Å². The molecule has 0 saturated carbocycles. The highest BCUT2D eigenvalue weighted by Crippen LogP contribution is 2.23. The minimum atomic E-state index is -0.200. The van der Waals surface area contributed by atoms with Crippen LogP contribution in [0.1, 0.15) is 0 Å². The first-order valence-electron chi connectivity index (χ1n) is 8.61. The maximum absolute atomic E-state index is 8.69. The van der Waals surface area contributed by atoms with Gasteiger partial charge in [0.15, 0.2) is 0 Å². The molecule has 1 fully saturated rings. The predicted molar refractivity (Wildman–Crippen MR) is 106 cm³/mol. The van der Waals surface area contributed by atoms with Gasteiger partial charge in [0.1, 0.15) is 17.9 Å². The van der Waals surface area contributed by atoms with E-state index < -0.39 is 0 Å². The number of anilines is 3. The zero-order valence-electron chi connectivity index (χ0n) is 15.1. The SMILES string of the molecule is COc1ccc(N2CCN(c3ccc(NN=C(C#N)C#N)cc3)CC2)cc1. The van der Waals surface area contributed by atoms with Gasteiger partial charge in [-0.05, 0) is 48.5 Å². The summed E-state index contributed by atoms with van der Waals surface area (Å²) in [6.07, 6.45) is 0. The van der Waals surface area contributed by atoms with Crippen LogP contribution in [-0.2, 0) is 0 Å². The van der Waals surface area contributed by atoms with E-state index in [9.17, 15) is 0 Å². The summed E-state index contributed by atoms with van der Waals surface area (Å²) in [7, 11) is 1.67. The number of nitrogens with one attached hydrogen (secondary N) is 1. The molecule has 0 spiro atoms. The summed E-state index contributed by atoms with van der Waals surface area (Å²) >= 11 is 0. The molecule has 0 unspecified atom stereocenters. The lowest BCUT2D eigenvalue weighted by Crippen LogP contribution is -2.46. The fraction of sp³-hybridized carbons (Fsp3) is 0.250. The summed E-state index contributed by atoms with van der Waals surface area (Å²) in [4.78, 5) is 4.70. The Morgan fingerprint density at radius 2 is 1.37 bits per heavy atom. The number of nitriles is 2. The number of benzene rings is 2. The summed E-state index contributed by atoms with van der Waals surface area (Å²) in [5.74, 6) is 0.868. The van der Waals surface area contributed by atoms with Gasteiger partial charge in [-0.15, -0.1) is 0 Å². The molecule has 7 heteroatoms. The Labute approximate surface area is 158 Å². The van der Waals surface area contributed by atoms with E-state index in [1.165, 1.54) is 5.69 Å². The van der Waals surface area contributed by atoms with Gasteiger partial charge < -0.3 is 14.5 Å². The summed E-state index contributed by atoms with van der Waals surface area (Å²) in [6, 6.07) is 19.4. The summed E-state index contributed by atoms with van der Waals surface area (Å²) in [5, 5.41) is 21.1. The van der Waals surface area contributed by atoms with Crippen molar-refractivity contribution >= 4 is 22.8 Å². The van der Waals surface area contributed by atoms with Gasteiger partial charge in [0.2, 0.25) is 5.71 Å². The number of hydrazone groups is 1. The van der Waals surface area contributed by atoms with Crippen molar-refractivity contribution in [1.29, 1.82) is 10.5 Å². The summed E-state index contributed by atoms with van der Waals surface area (Å²) in [6.45, 7) is 3.77. The van der Waals surface area contributed by atoms with E-state index in [0.29, 0.717) is 0 Å². The van der Waals surface area contributed by atoms with Crippen LogP contribution in [0.4, 0.5) is 17.1 Å². The maximum Gasteiger partial charge on any atom is 0.237 e. The van der Waals surface area contributed by atoms with Crippen LogP contribution < -0.4 is 20.0 Å². The third kappa shape index (κ3) is 4.47. The largest absolute Gasteiger partial charge is 0.497 e. The molecular weight excluding hydrogens is 340 g/mol. The molecule has 1 aliphatic rings. The van der Waals surface area contributed by atoms with E-state index >= 15 is 0 Å². The van der Waals surface area contributed by atoms with E-state index in [4.69, 9.17) is 15.3 Å². The number of methoxy groups -OCH3 is 1. The number of hydrogen-bond donors (Lipinski definition) is 1. The molecule has 0 amide bonds. The average Bonchev–Trinajstić information content (AvgIpc) is 2.75. The van der Waals surface area contributed by atoms with Crippen LogP contribution in [0.2, 0.25) is 0 Å². The first-order chi connectivity index (χ1) is 13.2. The molecule has 1 heterocycles. The lowest BCUT2D eigenvalue weighted by atomic mass is 10.2. The van der Waals surface area contributed by atoms with Crippen molar-refractivity contribution in [3.8, 4) is 17.9 Å². The molecule has 0 aromatic heterocycles. The summed E-state index contributed by atoms with van der Waals surface area (Å²) in [5.41, 5.74) is 5.60. The lowest BCUT2D eigenvalue weighted by Gasteiger charge is -2.37. The highest BCUT2D eigenvalue weighted by molar-refractivity contribution is 6.10. The number of rotatable bonds is 5. The second-order valence-electron chi connectivity index (χ2n) is 6.01. The van der Waals surface area contributed by atoms with Crippen LogP contribution in [0.15, 0.2) is 53.6 Å². The van der Waals surface area contributed by atoms with Gasteiger partial charge in [-0.1, -0.05) is 0 Å². The van der Waals surface area contributed by atoms with Crippen molar-refractivity contribution in [3.63, 3.8) is 0 Å². The Bertz CT molecular complexity index is 853. The number of nitrogens with zero attached hydrogens (tertiary/aromatic N) is 5. The summed E-state index contributed by atoms with van der Waals surface area (Å²) < 4.78 is 5.21. The zero-order chi connectivity index (χ0) is 19.1. The van der Waals surface area contributed by atoms with E-state index in [2.05, 4.69) is 32.5 Å². The van der Waals surface area contributed by atoms with Gasteiger partial charge in [0, 0.05) is 37.6 Å². The molecular formula is C20H20N6O. The van der Waals surface area contributed by atoms with E-state index in [1.54, 1.807) is 19.2 Å². The van der Waals surface area contributed by atoms with Crippen LogP contribution in [0.3, 0.4) is 0 Å². The smallest absolute Gasteiger partial charge is 0.237 e. The van der Waals surface area contributed by atoms with Crippen molar-refractivity contribution in [2.45, 2.75) is 0 Å². The molecule has 27 heavy (non-hydrogen) atoms. The fourth-order valence-corrected chi connectivity index (χ4v) is 2.96. The quantitative estimate of drug-likeness (QED) is 0.652. The Balaban J connectivity index is 1.57. The average molecular weight is 360 g/mol. The Hall–Kier alpha value is -3.71. The minimum absolute atomic E-state index is 0.200. The molecule has 1 N–H and O–H groups in total. The molecule has 0 aliphatic carbocycles.